The van der Waals surface area contributed by atoms with Crippen LogP contribution >= 0.6 is 0 Å². The van der Waals surface area contributed by atoms with Crippen molar-refractivity contribution >= 4 is 6.08 Å². The first kappa shape index (κ1) is 13.3. The predicted molar refractivity (Wildman–Crippen MR) is 75.4 cm³/mol. The lowest BCUT2D eigenvalue weighted by Crippen LogP contribution is -2.34. The molecule has 0 aromatic heterocycles. The van der Waals surface area contributed by atoms with Gasteiger partial charge in [0.1, 0.15) is 0 Å². The van der Waals surface area contributed by atoms with E-state index < -0.39 is 0 Å². The number of benzene rings is 1. The number of aliphatic hydroxyl groups is 1. The number of β-amino-alcohol motifs (C(OH)–C–C–N with tert-alkyl or cyclic N) is 1. The first-order valence-corrected chi connectivity index (χ1v) is 6.58. The summed E-state index contributed by atoms with van der Waals surface area (Å²) < 4.78 is 0. The van der Waals surface area contributed by atoms with Gasteiger partial charge in [0, 0.05) is 25.7 Å². The molecule has 0 bridgehead atoms. The summed E-state index contributed by atoms with van der Waals surface area (Å²) in [5.41, 5.74) is 2.56. The van der Waals surface area contributed by atoms with Crippen molar-refractivity contribution in [2.45, 2.75) is 25.5 Å². The molecule has 2 atom stereocenters. The zero-order valence-corrected chi connectivity index (χ0v) is 10.9. The standard InChI is InChI=1S/C15H22N2O/c1-12(7-13-5-3-2-4-6-13)9-16-10-14-8-15(18)11-17-14/h2-7,14-18H,8-11H2,1H3. The van der Waals surface area contributed by atoms with Gasteiger partial charge in [0.25, 0.3) is 0 Å². The zero-order valence-electron chi connectivity index (χ0n) is 10.9. The molecule has 1 aliphatic rings. The fourth-order valence-corrected chi connectivity index (χ4v) is 2.28. The third-order valence-electron chi connectivity index (χ3n) is 3.21. The summed E-state index contributed by atoms with van der Waals surface area (Å²) >= 11 is 0. The van der Waals surface area contributed by atoms with E-state index in [1.54, 1.807) is 0 Å². The Morgan fingerprint density at radius 2 is 2.22 bits per heavy atom. The van der Waals surface area contributed by atoms with Gasteiger partial charge in [-0.2, -0.15) is 0 Å². The molecule has 98 valence electrons. The number of aliphatic hydroxyl groups excluding tert-OH is 1. The molecule has 1 aromatic carbocycles. The van der Waals surface area contributed by atoms with Crippen LogP contribution in [0.1, 0.15) is 18.9 Å². The van der Waals surface area contributed by atoms with Crippen LogP contribution in [0.15, 0.2) is 35.9 Å². The van der Waals surface area contributed by atoms with Gasteiger partial charge >= 0.3 is 0 Å². The topological polar surface area (TPSA) is 44.3 Å². The lowest BCUT2D eigenvalue weighted by Gasteiger charge is -2.11. The molecule has 1 heterocycles. The van der Waals surface area contributed by atoms with E-state index >= 15 is 0 Å². The molecule has 1 fully saturated rings. The van der Waals surface area contributed by atoms with E-state index in [2.05, 4.69) is 47.9 Å². The average molecular weight is 246 g/mol. The molecule has 1 aromatic rings. The number of nitrogens with one attached hydrogen (secondary N) is 2. The zero-order chi connectivity index (χ0) is 12.8. The third-order valence-corrected chi connectivity index (χ3v) is 3.21. The van der Waals surface area contributed by atoms with Crippen molar-refractivity contribution in [2.75, 3.05) is 19.6 Å². The smallest absolute Gasteiger partial charge is 0.0680 e. The Bertz CT molecular complexity index is 389. The third kappa shape index (κ3) is 4.26. The minimum atomic E-state index is -0.169. The van der Waals surface area contributed by atoms with Crippen LogP contribution in [0, 0.1) is 0 Å². The van der Waals surface area contributed by atoms with E-state index in [0.29, 0.717) is 6.04 Å². The van der Waals surface area contributed by atoms with Gasteiger partial charge < -0.3 is 15.7 Å². The fraction of sp³-hybridized carbons (Fsp3) is 0.467. The van der Waals surface area contributed by atoms with Crippen LogP contribution in [0.25, 0.3) is 6.08 Å². The van der Waals surface area contributed by atoms with E-state index in [9.17, 15) is 5.11 Å². The van der Waals surface area contributed by atoms with Gasteiger partial charge in [-0.3, -0.25) is 0 Å². The Labute approximate surface area is 109 Å². The van der Waals surface area contributed by atoms with Gasteiger partial charge in [-0.25, -0.2) is 0 Å². The molecule has 1 saturated heterocycles. The fourth-order valence-electron chi connectivity index (χ4n) is 2.28. The summed E-state index contributed by atoms with van der Waals surface area (Å²) in [5, 5.41) is 16.1. The van der Waals surface area contributed by atoms with E-state index in [1.807, 2.05) is 6.07 Å². The van der Waals surface area contributed by atoms with Crippen LogP contribution in [0.2, 0.25) is 0 Å². The second-order valence-electron chi connectivity index (χ2n) is 5.03. The molecule has 18 heavy (non-hydrogen) atoms. The van der Waals surface area contributed by atoms with E-state index in [4.69, 9.17) is 0 Å². The van der Waals surface area contributed by atoms with Crippen LogP contribution in [0.4, 0.5) is 0 Å². The van der Waals surface area contributed by atoms with Crippen molar-refractivity contribution in [1.29, 1.82) is 0 Å². The van der Waals surface area contributed by atoms with E-state index in [-0.39, 0.29) is 6.10 Å². The lowest BCUT2D eigenvalue weighted by molar-refractivity contribution is 0.193. The quantitative estimate of drug-likeness (QED) is 0.736. The maximum absolute atomic E-state index is 9.40. The molecular weight excluding hydrogens is 224 g/mol. The summed E-state index contributed by atoms with van der Waals surface area (Å²) in [6.07, 6.45) is 2.89. The summed E-state index contributed by atoms with van der Waals surface area (Å²) in [4.78, 5) is 0. The molecule has 0 spiro atoms. The van der Waals surface area contributed by atoms with Crippen molar-refractivity contribution < 1.29 is 5.11 Å². The average Bonchev–Trinajstić information content (AvgIpc) is 2.76. The minimum Gasteiger partial charge on any atom is -0.392 e. The Hall–Kier alpha value is -1.16. The van der Waals surface area contributed by atoms with Crippen LogP contribution in [-0.4, -0.2) is 36.9 Å². The van der Waals surface area contributed by atoms with Crippen LogP contribution in [-0.2, 0) is 0 Å². The Morgan fingerprint density at radius 1 is 1.44 bits per heavy atom. The molecule has 3 nitrogen and oxygen atoms in total. The molecule has 0 aliphatic carbocycles. The van der Waals surface area contributed by atoms with Crippen molar-refractivity contribution in [3.63, 3.8) is 0 Å². The molecule has 3 heteroatoms. The maximum atomic E-state index is 9.40. The molecule has 2 unspecified atom stereocenters. The summed E-state index contributed by atoms with van der Waals surface area (Å²) in [5.74, 6) is 0. The normalized spacial score (nSPS) is 24.4. The largest absolute Gasteiger partial charge is 0.392 e. The number of hydrogen-bond donors (Lipinski definition) is 3. The Kier molecular flexibility index (Phi) is 4.93. The molecule has 0 amide bonds. The molecule has 0 saturated carbocycles. The second-order valence-corrected chi connectivity index (χ2v) is 5.03. The lowest BCUT2D eigenvalue weighted by atomic mass is 10.1. The van der Waals surface area contributed by atoms with Gasteiger partial charge in [0.2, 0.25) is 0 Å². The molecular formula is C15H22N2O. The number of hydrogen-bond acceptors (Lipinski definition) is 3. The summed E-state index contributed by atoms with van der Waals surface area (Å²) in [6, 6.07) is 10.8. The highest BCUT2D eigenvalue weighted by Gasteiger charge is 2.20. The monoisotopic (exact) mass is 246 g/mol. The first-order chi connectivity index (χ1) is 8.74. The highest BCUT2D eigenvalue weighted by molar-refractivity contribution is 5.52. The molecule has 1 aliphatic heterocycles. The van der Waals surface area contributed by atoms with Crippen LogP contribution in [0.3, 0.4) is 0 Å². The van der Waals surface area contributed by atoms with Crippen LogP contribution in [0.5, 0.6) is 0 Å². The van der Waals surface area contributed by atoms with E-state index in [1.165, 1.54) is 11.1 Å². The van der Waals surface area contributed by atoms with Gasteiger partial charge in [0.15, 0.2) is 0 Å². The summed E-state index contributed by atoms with van der Waals surface area (Å²) in [7, 11) is 0. The Morgan fingerprint density at radius 3 is 2.89 bits per heavy atom. The number of rotatable bonds is 5. The molecule has 0 radical (unpaired) electrons. The predicted octanol–water partition coefficient (Wildman–Crippen LogP) is 1.40. The highest BCUT2D eigenvalue weighted by Crippen LogP contribution is 2.07. The van der Waals surface area contributed by atoms with Crippen molar-refractivity contribution in [1.82, 2.24) is 10.6 Å². The van der Waals surface area contributed by atoms with Gasteiger partial charge in [-0.15, -0.1) is 0 Å². The second kappa shape index (κ2) is 6.69. The van der Waals surface area contributed by atoms with Gasteiger partial charge in [-0.1, -0.05) is 42.0 Å². The maximum Gasteiger partial charge on any atom is 0.0680 e. The van der Waals surface area contributed by atoms with Crippen molar-refractivity contribution in [3.8, 4) is 0 Å². The first-order valence-electron chi connectivity index (χ1n) is 6.58. The van der Waals surface area contributed by atoms with E-state index in [0.717, 1.165) is 26.1 Å². The minimum absolute atomic E-state index is 0.169. The van der Waals surface area contributed by atoms with Gasteiger partial charge in [0.05, 0.1) is 6.10 Å². The molecule has 3 N–H and O–H groups in total. The summed E-state index contributed by atoms with van der Waals surface area (Å²) in [6.45, 7) is 4.67. The van der Waals surface area contributed by atoms with Crippen LogP contribution < -0.4 is 10.6 Å². The SMILES string of the molecule is CC(=Cc1ccccc1)CNCC1CC(O)CN1. The van der Waals surface area contributed by atoms with Gasteiger partial charge in [-0.05, 0) is 18.9 Å². The molecule has 2 rings (SSSR count). The Balaban J connectivity index is 1.72. The van der Waals surface area contributed by atoms with Crippen molar-refractivity contribution in [3.05, 3.63) is 41.5 Å². The van der Waals surface area contributed by atoms with Crippen molar-refractivity contribution in [2.24, 2.45) is 0 Å². The highest BCUT2D eigenvalue weighted by atomic mass is 16.3.